The van der Waals surface area contributed by atoms with Crippen molar-refractivity contribution in [3.05, 3.63) is 12.2 Å². The molecular formula is C25H48O5. The molecule has 1 fully saturated rings. The molecule has 0 spiro atoms. The standard InChI is InChI=1S/C25H48O5/c1-2-3-4-5-6-7-8-9-10-11-12-13-14-15-16-17-18-19-29-25-22(27)21-30-23(20-26)24(25)28/h5-6,22-28H,2-4,7-21H2,1H3/b6-5+/t22-,23+,24+,25+/m0/s1. The Hall–Kier alpha value is -0.460. The molecule has 0 bridgehead atoms. The van der Waals surface area contributed by atoms with Gasteiger partial charge in [0, 0.05) is 6.61 Å². The molecular weight excluding hydrogens is 380 g/mol. The molecule has 5 nitrogen and oxygen atoms in total. The van der Waals surface area contributed by atoms with Gasteiger partial charge in [-0.15, -0.1) is 0 Å². The highest BCUT2D eigenvalue weighted by atomic mass is 16.6. The summed E-state index contributed by atoms with van der Waals surface area (Å²) in [4.78, 5) is 0. The Morgan fingerprint density at radius 1 is 0.800 bits per heavy atom. The molecule has 5 heteroatoms. The Labute approximate surface area is 184 Å². The van der Waals surface area contributed by atoms with Crippen molar-refractivity contribution in [3.8, 4) is 0 Å². The van der Waals surface area contributed by atoms with Crippen LogP contribution in [-0.2, 0) is 9.47 Å². The molecule has 1 aliphatic heterocycles. The second-order valence-corrected chi connectivity index (χ2v) is 8.74. The zero-order valence-electron chi connectivity index (χ0n) is 19.4. The van der Waals surface area contributed by atoms with Gasteiger partial charge >= 0.3 is 0 Å². The Balaban J connectivity index is 1.83. The van der Waals surface area contributed by atoms with Crippen LogP contribution in [0.15, 0.2) is 12.2 Å². The molecule has 0 radical (unpaired) electrons. The number of unbranched alkanes of at least 4 members (excludes halogenated alkanes) is 13. The maximum atomic E-state index is 10.1. The maximum Gasteiger partial charge on any atom is 0.114 e. The number of hydrogen-bond donors (Lipinski definition) is 3. The highest BCUT2D eigenvalue weighted by Crippen LogP contribution is 2.19. The van der Waals surface area contributed by atoms with Gasteiger partial charge in [0.1, 0.15) is 24.4 Å². The number of aliphatic hydroxyl groups is 3. The smallest absolute Gasteiger partial charge is 0.114 e. The third-order valence-electron chi connectivity index (χ3n) is 5.97. The largest absolute Gasteiger partial charge is 0.394 e. The predicted octanol–water partition coefficient (Wildman–Crippen LogP) is 4.91. The van der Waals surface area contributed by atoms with Crippen molar-refractivity contribution in [1.29, 1.82) is 0 Å². The number of rotatable bonds is 19. The van der Waals surface area contributed by atoms with E-state index in [0.717, 1.165) is 12.8 Å². The molecule has 1 rings (SSSR count). The van der Waals surface area contributed by atoms with E-state index in [1.54, 1.807) is 0 Å². The minimum atomic E-state index is -0.971. The second kappa shape index (κ2) is 19.2. The summed E-state index contributed by atoms with van der Waals surface area (Å²) in [6.07, 6.45) is 20.7. The average Bonchev–Trinajstić information content (AvgIpc) is 2.75. The van der Waals surface area contributed by atoms with Crippen molar-refractivity contribution < 1.29 is 24.8 Å². The van der Waals surface area contributed by atoms with Crippen LogP contribution in [0.1, 0.15) is 103 Å². The molecule has 30 heavy (non-hydrogen) atoms. The molecule has 1 saturated heterocycles. The van der Waals surface area contributed by atoms with Gasteiger partial charge in [-0.05, 0) is 25.7 Å². The lowest BCUT2D eigenvalue weighted by Gasteiger charge is -2.37. The van der Waals surface area contributed by atoms with E-state index in [4.69, 9.17) is 14.6 Å². The van der Waals surface area contributed by atoms with Crippen LogP contribution in [0, 0.1) is 0 Å². The molecule has 178 valence electrons. The molecule has 1 aliphatic rings. The monoisotopic (exact) mass is 428 g/mol. The van der Waals surface area contributed by atoms with Crippen molar-refractivity contribution in [2.75, 3.05) is 19.8 Å². The molecule has 0 unspecified atom stereocenters. The normalized spacial score (nSPS) is 24.7. The van der Waals surface area contributed by atoms with Crippen molar-refractivity contribution in [2.24, 2.45) is 0 Å². The Morgan fingerprint density at radius 3 is 1.90 bits per heavy atom. The van der Waals surface area contributed by atoms with Gasteiger partial charge in [0.15, 0.2) is 0 Å². The fourth-order valence-corrected chi connectivity index (χ4v) is 3.96. The predicted molar refractivity (Wildman–Crippen MR) is 123 cm³/mol. The zero-order chi connectivity index (χ0) is 21.9. The number of ether oxygens (including phenoxy) is 2. The Bertz CT molecular complexity index is 401. The van der Waals surface area contributed by atoms with Gasteiger partial charge in [-0.1, -0.05) is 89.7 Å². The summed E-state index contributed by atoms with van der Waals surface area (Å²) < 4.78 is 10.9. The molecule has 1 heterocycles. The first-order chi connectivity index (χ1) is 14.7. The first kappa shape index (κ1) is 27.6. The van der Waals surface area contributed by atoms with Crippen molar-refractivity contribution in [1.82, 2.24) is 0 Å². The second-order valence-electron chi connectivity index (χ2n) is 8.74. The maximum absolute atomic E-state index is 10.1. The van der Waals surface area contributed by atoms with Gasteiger partial charge < -0.3 is 24.8 Å². The van der Waals surface area contributed by atoms with Crippen LogP contribution < -0.4 is 0 Å². The summed E-state index contributed by atoms with van der Waals surface area (Å²) in [5, 5.41) is 29.1. The number of aliphatic hydroxyl groups excluding tert-OH is 3. The quantitative estimate of drug-likeness (QED) is 0.201. The molecule has 0 aromatic heterocycles. The number of hydrogen-bond acceptors (Lipinski definition) is 5. The lowest BCUT2D eigenvalue weighted by molar-refractivity contribution is -0.210. The first-order valence-corrected chi connectivity index (χ1v) is 12.6. The van der Waals surface area contributed by atoms with E-state index in [-0.39, 0.29) is 13.2 Å². The van der Waals surface area contributed by atoms with E-state index in [0.29, 0.717) is 6.61 Å². The van der Waals surface area contributed by atoms with Gasteiger partial charge in [-0.2, -0.15) is 0 Å². The summed E-state index contributed by atoms with van der Waals surface area (Å²) in [5.74, 6) is 0. The Kier molecular flexibility index (Phi) is 17.7. The summed E-state index contributed by atoms with van der Waals surface area (Å²) >= 11 is 0. The summed E-state index contributed by atoms with van der Waals surface area (Å²) in [6, 6.07) is 0. The van der Waals surface area contributed by atoms with E-state index in [9.17, 15) is 10.2 Å². The summed E-state index contributed by atoms with van der Waals surface area (Å²) in [7, 11) is 0. The van der Waals surface area contributed by atoms with E-state index in [2.05, 4.69) is 19.1 Å². The lowest BCUT2D eigenvalue weighted by Crippen LogP contribution is -2.55. The van der Waals surface area contributed by atoms with Crippen LogP contribution in [0.3, 0.4) is 0 Å². The van der Waals surface area contributed by atoms with E-state index < -0.39 is 24.4 Å². The zero-order valence-corrected chi connectivity index (χ0v) is 19.4. The highest BCUT2D eigenvalue weighted by Gasteiger charge is 2.38. The van der Waals surface area contributed by atoms with Gasteiger partial charge in [0.05, 0.1) is 13.2 Å². The van der Waals surface area contributed by atoms with Gasteiger partial charge in [-0.25, -0.2) is 0 Å². The molecule has 0 saturated carbocycles. The van der Waals surface area contributed by atoms with Crippen LogP contribution in [0.5, 0.6) is 0 Å². The van der Waals surface area contributed by atoms with Gasteiger partial charge in [-0.3, -0.25) is 0 Å². The third-order valence-corrected chi connectivity index (χ3v) is 5.97. The van der Waals surface area contributed by atoms with Crippen molar-refractivity contribution in [3.63, 3.8) is 0 Å². The van der Waals surface area contributed by atoms with E-state index in [1.807, 2.05) is 0 Å². The highest BCUT2D eigenvalue weighted by molar-refractivity contribution is 4.87. The molecule has 3 N–H and O–H groups in total. The van der Waals surface area contributed by atoms with Crippen LogP contribution in [-0.4, -0.2) is 59.6 Å². The van der Waals surface area contributed by atoms with Gasteiger partial charge in [0.25, 0.3) is 0 Å². The minimum Gasteiger partial charge on any atom is -0.394 e. The molecule has 0 aliphatic carbocycles. The first-order valence-electron chi connectivity index (χ1n) is 12.6. The van der Waals surface area contributed by atoms with Crippen molar-refractivity contribution >= 4 is 0 Å². The minimum absolute atomic E-state index is 0.100. The summed E-state index contributed by atoms with van der Waals surface area (Å²) in [5.41, 5.74) is 0. The SMILES string of the molecule is CCCC/C=C/CCCCCCCCCCCCCO[C@H]1[C@H](O)[C@@H](CO)OC[C@@H]1O. The fourth-order valence-electron chi connectivity index (χ4n) is 3.96. The Morgan fingerprint density at radius 2 is 1.33 bits per heavy atom. The summed E-state index contributed by atoms with van der Waals surface area (Å²) in [6.45, 7) is 2.62. The molecule has 4 atom stereocenters. The topological polar surface area (TPSA) is 79.2 Å². The van der Waals surface area contributed by atoms with Crippen LogP contribution in [0.4, 0.5) is 0 Å². The number of allylic oxidation sites excluding steroid dienone is 2. The van der Waals surface area contributed by atoms with Crippen LogP contribution in [0.2, 0.25) is 0 Å². The van der Waals surface area contributed by atoms with E-state index in [1.165, 1.54) is 83.5 Å². The lowest BCUT2D eigenvalue weighted by atomic mass is 10.0. The third kappa shape index (κ3) is 13.1. The van der Waals surface area contributed by atoms with Gasteiger partial charge in [0.2, 0.25) is 0 Å². The van der Waals surface area contributed by atoms with Crippen LogP contribution in [0.25, 0.3) is 0 Å². The molecule has 0 amide bonds. The van der Waals surface area contributed by atoms with Crippen molar-refractivity contribution in [2.45, 2.75) is 128 Å². The molecule has 0 aromatic rings. The van der Waals surface area contributed by atoms with E-state index >= 15 is 0 Å². The van der Waals surface area contributed by atoms with Crippen LogP contribution >= 0.6 is 0 Å². The average molecular weight is 429 g/mol. The molecule has 0 aromatic carbocycles. The fraction of sp³-hybridized carbons (Fsp3) is 0.920.